The number of thioether (sulfide) groups is 1. The highest BCUT2D eigenvalue weighted by Crippen LogP contribution is 2.18. The van der Waals surface area contributed by atoms with Gasteiger partial charge in [-0.15, -0.1) is 0 Å². The molecular formula is C12H23NOS. The van der Waals surface area contributed by atoms with Crippen molar-refractivity contribution in [2.45, 2.75) is 50.7 Å². The predicted molar refractivity (Wildman–Crippen MR) is 66.6 cm³/mol. The summed E-state index contributed by atoms with van der Waals surface area (Å²) in [5.41, 5.74) is 0. The monoisotopic (exact) mass is 229 g/mol. The molecule has 2 rings (SSSR count). The molecule has 0 amide bonds. The Kier molecular flexibility index (Phi) is 5.30. The highest BCUT2D eigenvalue weighted by molar-refractivity contribution is 7.99. The van der Waals surface area contributed by atoms with Crippen LogP contribution in [0.2, 0.25) is 0 Å². The maximum atomic E-state index is 5.61. The van der Waals surface area contributed by atoms with Crippen molar-refractivity contribution in [3.05, 3.63) is 0 Å². The van der Waals surface area contributed by atoms with Gasteiger partial charge < -0.3 is 10.1 Å². The molecule has 2 nitrogen and oxygen atoms in total. The molecule has 0 spiro atoms. The molecule has 2 fully saturated rings. The Morgan fingerprint density at radius 2 is 2.27 bits per heavy atom. The summed E-state index contributed by atoms with van der Waals surface area (Å²) in [6.45, 7) is 2.18. The molecule has 0 aromatic heterocycles. The molecular weight excluding hydrogens is 206 g/mol. The standard InChI is InChI=1S/C12H23NOS/c1(5-12-6-2-8-14-12)7-13-11-4-3-9-15-10-11/h11-13H,1-10H2. The lowest BCUT2D eigenvalue weighted by atomic mass is 10.1. The van der Waals surface area contributed by atoms with Gasteiger partial charge in [0.15, 0.2) is 0 Å². The Morgan fingerprint density at radius 3 is 3.00 bits per heavy atom. The number of ether oxygens (including phenoxy) is 1. The zero-order valence-corrected chi connectivity index (χ0v) is 10.4. The van der Waals surface area contributed by atoms with Crippen LogP contribution in [0.25, 0.3) is 0 Å². The molecule has 0 aromatic carbocycles. The van der Waals surface area contributed by atoms with E-state index in [4.69, 9.17) is 4.74 Å². The molecule has 0 bridgehead atoms. The van der Waals surface area contributed by atoms with Gasteiger partial charge in [-0.2, -0.15) is 11.8 Å². The van der Waals surface area contributed by atoms with E-state index >= 15 is 0 Å². The summed E-state index contributed by atoms with van der Waals surface area (Å²) in [4.78, 5) is 0. The predicted octanol–water partition coefficient (Wildman–Crippen LogP) is 2.43. The van der Waals surface area contributed by atoms with E-state index in [1.807, 2.05) is 0 Å². The number of hydrogen-bond donors (Lipinski definition) is 1. The van der Waals surface area contributed by atoms with Crippen LogP contribution in [-0.4, -0.2) is 36.8 Å². The lowest BCUT2D eigenvalue weighted by Crippen LogP contribution is -2.34. The Hall–Kier alpha value is 0.270. The Balaban J connectivity index is 1.47. The highest BCUT2D eigenvalue weighted by atomic mass is 32.2. The molecule has 0 aromatic rings. The molecule has 0 radical (unpaired) electrons. The van der Waals surface area contributed by atoms with E-state index in [1.54, 1.807) is 0 Å². The van der Waals surface area contributed by atoms with Gasteiger partial charge in [-0.3, -0.25) is 0 Å². The fourth-order valence-electron chi connectivity index (χ4n) is 2.41. The smallest absolute Gasteiger partial charge is 0.0576 e. The van der Waals surface area contributed by atoms with Gasteiger partial charge in [0.25, 0.3) is 0 Å². The second kappa shape index (κ2) is 6.77. The van der Waals surface area contributed by atoms with Gasteiger partial charge in [0.05, 0.1) is 6.10 Å². The van der Waals surface area contributed by atoms with Crippen LogP contribution in [0, 0.1) is 0 Å². The van der Waals surface area contributed by atoms with Crippen LogP contribution in [0.5, 0.6) is 0 Å². The summed E-state index contributed by atoms with van der Waals surface area (Å²) in [5, 5.41) is 3.67. The average Bonchev–Trinajstić information content (AvgIpc) is 2.79. The van der Waals surface area contributed by atoms with Crippen molar-refractivity contribution in [1.29, 1.82) is 0 Å². The van der Waals surface area contributed by atoms with Crippen LogP contribution in [0.1, 0.15) is 38.5 Å². The van der Waals surface area contributed by atoms with E-state index < -0.39 is 0 Å². The normalized spacial score (nSPS) is 32.0. The second-order valence-corrected chi connectivity index (χ2v) is 5.80. The summed E-state index contributed by atoms with van der Waals surface area (Å²) in [5.74, 6) is 2.69. The summed E-state index contributed by atoms with van der Waals surface area (Å²) in [7, 11) is 0. The first-order valence-electron chi connectivity index (χ1n) is 6.38. The van der Waals surface area contributed by atoms with Crippen LogP contribution >= 0.6 is 11.8 Å². The molecule has 0 saturated carbocycles. The van der Waals surface area contributed by atoms with Crippen molar-refractivity contribution in [3.8, 4) is 0 Å². The largest absolute Gasteiger partial charge is 0.378 e. The SMILES string of the molecule is C1CSCC(NCCCC2CCCO2)C1. The van der Waals surface area contributed by atoms with Gasteiger partial charge >= 0.3 is 0 Å². The van der Waals surface area contributed by atoms with Crippen molar-refractivity contribution in [1.82, 2.24) is 5.32 Å². The van der Waals surface area contributed by atoms with E-state index in [1.165, 1.54) is 56.6 Å². The van der Waals surface area contributed by atoms with Crippen molar-refractivity contribution in [3.63, 3.8) is 0 Å². The molecule has 2 aliphatic rings. The van der Waals surface area contributed by atoms with Gasteiger partial charge in [0.2, 0.25) is 0 Å². The minimum Gasteiger partial charge on any atom is -0.378 e. The van der Waals surface area contributed by atoms with Gasteiger partial charge in [0.1, 0.15) is 0 Å². The van der Waals surface area contributed by atoms with E-state index in [0.717, 1.165) is 12.6 Å². The average molecular weight is 229 g/mol. The van der Waals surface area contributed by atoms with E-state index in [0.29, 0.717) is 6.10 Å². The van der Waals surface area contributed by atoms with Crippen molar-refractivity contribution < 1.29 is 4.74 Å². The van der Waals surface area contributed by atoms with Crippen LogP contribution in [0.15, 0.2) is 0 Å². The van der Waals surface area contributed by atoms with Crippen molar-refractivity contribution in [2.24, 2.45) is 0 Å². The fraction of sp³-hybridized carbons (Fsp3) is 1.00. The van der Waals surface area contributed by atoms with E-state index in [9.17, 15) is 0 Å². The molecule has 3 heteroatoms. The zero-order valence-electron chi connectivity index (χ0n) is 9.54. The van der Waals surface area contributed by atoms with Crippen LogP contribution in [0.4, 0.5) is 0 Å². The number of rotatable bonds is 5. The summed E-state index contributed by atoms with van der Waals surface area (Å²) in [6.07, 6.45) is 8.46. The number of hydrogen-bond acceptors (Lipinski definition) is 3. The van der Waals surface area contributed by atoms with Gasteiger partial charge in [-0.05, 0) is 50.8 Å². The second-order valence-electron chi connectivity index (χ2n) is 4.65. The van der Waals surface area contributed by atoms with E-state index in [2.05, 4.69) is 17.1 Å². The summed E-state index contributed by atoms with van der Waals surface area (Å²) >= 11 is 2.10. The third-order valence-electron chi connectivity index (χ3n) is 3.32. The molecule has 2 atom stereocenters. The van der Waals surface area contributed by atoms with Crippen LogP contribution < -0.4 is 5.32 Å². The molecule has 0 aliphatic carbocycles. The first kappa shape index (κ1) is 11.7. The Labute approximate surface area is 97.5 Å². The summed E-state index contributed by atoms with van der Waals surface area (Å²) < 4.78 is 5.61. The topological polar surface area (TPSA) is 21.3 Å². The molecule has 2 unspecified atom stereocenters. The third kappa shape index (κ3) is 4.33. The van der Waals surface area contributed by atoms with Crippen molar-refractivity contribution >= 4 is 11.8 Å². The quantitative estimate of drug-likeness (QED) is 0.732. The molecule has 1 N–H and O–H groups in total. The summed E-state index contributed by atoms with van der Waals surface area (Å²) in [6, 6.07) is 0.785. The molecule has 88 valence electrons. The highest BCUT2D eigenvalue weighted by Gasteiger charge is 2.15. The van der Waals surface area contributed by atoms with Crippen molar-refractivity contribution in [2.75, 3.05) is 24.7 Å². The Morgan fingerprint density at radius 1 is 1.27 bits per heavy atom. The third-order valence-corrected chi connectivity index (χ3v) is 4.54. The fourth-order valence-corrected chi connectivity index (χ4v) is 3.52. The minimum absolute atomic E-state index is 0.576. The van der Waals surface area contributed by atoms with E-state index in [-0.39, 0.29) is 0 Å². The Bertz CT molecular complexity index is 165. The van der Waals surface area contributed by atoms with Gasteiger partial charge in [-0.25, -0.2) is 0 Å². The lowest BCUT2D eigenvalue weighted by Gasteiger charge is -2.22. The maximum absolute atomic E-state index is 5.61. The minimum atomic E-state index is 0.576. The first-order valence-corrected chi connectivity index (χ1v) is 7.53. The van der Waals surface area contributed by atoms with Crippen LogP contribution in [-0.2, 0) is 4.74 Å². The molecule has 2 heterocycles. The number of nitrogens with one attached hydrogen (secondary N) is 1. The van der Waals surface area contributed by atoms with Gasteiger partial charge in [-0.1, -0.05) is 0 Å². The zero-order chi connectivity index (χ0) is 10.3. The first-order chi connectivity index (χ1) is 7.45. The van der Waals surface area contributed by atoms with Gasteiger partial charge in [0, 0.05) is 18.4 Å². The molecule has 2 aliphatic heterocycles. The molecule has 15 heavy (non-hydrogen) atoms. The van der Waals surface area contributed by atoms with Crippen LogP contribution in [0.3, 0.4) is 0 Å². The molecule has 2 saturated heterocycles. The lowest BCUT2D eigenvalue weighted by molar-refractivity contribution is 0.102. The maximum Gasteiger partial charge on any atom is 0.0576 e.